The normalized spacial score (nSPS) is 19.5. The number of aromatic nitrogens is 3. The van der Waals surface area contributed by atoms with Gasteiger partial charge in [-0.3, -0.25) is 14.7 Å². The second-order valence-corrected chi connectivity index (χ2v) is 12.3. The Morgan fingerprint density at radius 2 is 2.14 bits per heavy atom. The molecule has 2 aliphatic heterocycles. The molecular formula is C27H36N6O3S. The number of carbonyl (C=O) groups excluding carboxylic acids is 1. The van der Waals surface area contributed by atoms with Gasteiger partial charge in [-0.2, -0.15) is 0 Å². The van der Waals surface area contributed by atoms with Crippen LogP contribution in [0.1, 0.15) is 37.6 Å². The number of hydrogen-bond donors (Lipinski definition) is 1. The minimum Gasteiger partial charge on any atom is -0.492 e. The molecule has 1 N–H and O–H groups in total. The van der Waals surface area contributed by atoms with Crippen molar-refractivity contribution in [1.29, 1.82) is 0 Å². The smallest absolute Gasteiger partial charge is 0.239 e. The number of nitrogens with one attached hydrogen (secondary N) is 1. The molecule has 0 radical (unpaired) electrons. The zero-order valence-electron chi connectivity index (χ0n) is 22.5. The van der Waals surface area contributed by atoms with E-state index in [2.05, 4.69) is 29.0 Å². The van der Waals surface area contributed by atoms with Gasteiger partial charge in [-0.05, 0) is 52.7 Å². The third-order valence-electron chi connectivity index (χ3n) is 6.89. The van der Waals surface area contributed by atoms with E-state index in [1.165, 1.54) is 4.88 Å². The van der Waals surface area contributed by atoms with Crippen molar-refractivity contribution < 1.29 is 14.3 Å². The summed E-state index contributed by atoms with van der Waals surface area (Å²) in [6, 6.07) is 4.29. The Balaban J connectivity index is 1.37. The van der Waals surface area contributed by atoms with Gasteiger partial charge in [-0.15, -0.1) is 11.3 Å². The number of carbonyl (C=O) groups is 1. The first-order valence-corrected chi connectivity index (χ1v) is 13.6. The molecule has 10 heteroatoms. The van der Waals surface area contributed by atoms with Gasteiger partial charge in [0.2, 0.25) is 5.91 Å². The number of amides is 1. The summed E-state index contributed by atoms with van der Waals surface area (Å²) in [6.07, 6.45) is 3.26. The lowest BCUT2D eigenvalue weighted by Gasteiger charge is -2.26. The molecule has 0 spiro atoms. The lowest BCUT2D eigenvalue weighted by molar-refractivity contribution is -0.121. The summed E-state index contributed by atoms with van der Waals surface area (Å²) in [5.41, 5.74) is 1.48. The molecule has 2 bridgehead atoms. The molecule has 0 aliphatic carbocycles. The van der Waals surface area contributed by atoms with Crippen LogP contribution in [-0.4, -0.2) is 83.3 Å². The number of fused-ring (bicyclic) bond motifs is 3. The molecular weight excluding hydrogens is 488 g/mol. The van der Waals surface area contributed by atoms with E-state index in [-0.39, 0.29) is 18.0 Å². The summed E-state index contributed by atoms with van der Waals surface area (Å²) < 4.78 is 11.8. The minimum atomic E-state index is -0.300. The summed E-state index contributed by atoms with van der Waals surface area (Å²) in [4.78, 5) is 33.4. The van der Waals surface area contributed by atoms with E-state index in [9.17, 15) is 4.79 Å². The highest BCUT2D eigenvalue weighted by atomic mass is 32.1. The van der Waals surface area contributed by atoms with Crippen LogP contribution in [0.4, 0.5) is 5.82 Å². The van der Waals surface area contributed by atoms with Crippen LogP contribution in [-0.2, 0) is 9.53 Å². The van der Waals surface area contributed by atoms with Gasteiger partial charge < -0.3 is 19.7 Å². The maximum atomic E-state index is 12.7. The first kappa shape index (κ1) is 25.8. The van der Waals surface area contributed by atoms with E-state index in [0.29, 0.717) is 30.3 Å². The molecule has 5 heterocycles. The lowest BCUT2D eigenvalue weighted by Crippen LogP contribution is -2.45. The summed E-state index contributed by atoms with van der Waals surface area (Å²) >= 11 is 1.63. The first-order valence-electron chi connectivity index (χ1n) is 12.8. The Labute approximate surface area is 222 Å². The maximum absolute atomic E-state index is 12.7. The molecule has 198 valence electrons. The topological polar surface area (TPSA) is 92.7 Å². The van der Waals surface area contributed by atoms with Gasteiger partial charge in [0.1, 0.15) is 28.7 Å². The number of aryl methyl sites for hydroxylation is 2. The molecule has 2 fully saturated rings. The van der Waals surface area contributed by atoms with Crippen molar-refractivity contribution in [2.24, 2.45) is 0 Å². The van der Waals surface area contributed by atoms with Crippen LogP contribution in [0.2, 0.25) is 0 Å². The number of likely N-dealkylation sites (tertiary alicyclic amines) is 1. The predicted molar refractivity (Wildman–Crippen MR) is 146 cm³/mol. The quantitative estimate of drug-likeness (QED) is 0.478. The number of anilines is 1. The van der Waals surface area contributed by atoms with E-state index in [4.69, 9.17) is 19.4 Å². The standard InChI is InChI=1S/C27H36N6O3S/c1-16-17(2)37-26-23(16)25(32(6)14-22(34)31-27(3,4)5)29-24(30-26)21-12-19(7-8-28-21)35-10-9-33-13-20-11-18(33)15-36-20/h7-8,12,18,20H,9-11,13-15H2,1-6H3,(H,31,34)/t18?,20-/m0/s1. The van der Waals surface area contributed by atoms with Crippen molar-refractivity contribution >= 4 is 33.3 Å². The number of rotatable bonds is 8. The van der Waals surface area contributed by atoms with Crippen LogP contribution >= 0.6 is 11.3 Å². The summed E-state index contributed by atoms with van der Waals surface area (Å²) in [5.74, 6) is 1.93. The van der Waals surface area contributed by atoms with Crippen LogP contribution < -0.4 is 15.0 Å². The van der Waals surface area contributed by atoms with Crippen molar-refractivity contribution in [3.63, 3.8) is 0 Å². The fraction of sp³-hybridized carbons (Fsp3) is 0.556. The van der Waals surface area contributed by atoms with Gasteiger partial charge in [0.25, 0.3) is 0 Å². The fourth-order valence-electron chi connectivity index (χ4n) is 5.02. The number of likely N-dealkylation sites (N-methyl/N-ethyl adjacent to an activating group) is 1. The Morgan fingerprint density at radius 1 is 1.32 bits per heavy atom. The van der Waals surface area contributed by atoms with Crippen molar-refractivity contribution in [2.75, 3.05) is 44.8 Å². The monoisotopic (exact) mass is 524 g/mol. The summed E-state index contributed by atoms with van der Waals surface area (Å²) in [5, 5.41) is 4.01. The summed E-state index contributed by atoms with van der Waals surface area (Å²) in [6.45, 7) is 13.6. The SMILES string of the molecule is Cc1sc2nc(-c3cc(OCCN4C[C@@H]5CC4CO5)ccn3)nc(N(C)CC(=O)NC(C)(C)C)c2c1C. The minimum absolute atomic E-state index is 0.0563. The van der Waals surface area contributed by atoms with E-state index >= 15 is 0 Å². The van der Waals surface area contributed by atoms with Gasteiger partial charge in [0, 0.05) is 48.9 Å². The lowest BCUT2D eigenvalue weighted by atomic mass is 10.1. The number of thiophene rings is 1. The van der Waals surface area contributed by atoms with Gasteiger partial charge >= 0.3 is 0 Å². The number of hydrogen-bond acceptors (Lipinski definition) is 9. The Morgan fingerprint density at radius 3 is 2.84 bits per heavy atom. The molecule has 37 heavy (non-hydrogen) atoms. The molecule has 2 saturated heterocycles. The van der Waals surface area contributed by atoms with Gasteiger partial charge in [0.05, 0.1) is 24.6 Å². The van der Waals surface area contributed by atoms with E-state index in [0.717, 1.165) is 53.5 Å². The Bertz CT molecular complexity index is 1300. The largest absolute Gasteiger partial charge is 0.492 e. The van der Waals surface area contributed by atoms with Crippen molar-refractivity contribution in [1.82, 2.24) is 25.2 Å². The molecule has 3 aromatic heterocycles. The van der Waals surface area contributed by atoms with Crippen LogP contribution in [0.15, 0.2) is 18.3 Å². The number of morpholine rings is 1. The Kier molecular flexibility index (Phi) is 7.08. The van der Waals surface area contributed by atoms with Crippen LogP contribution in [0, 0.1) is 13.8 Å². The van der Waals surface area contributed by atoms with Crippen molar-refractivity contribution in [2.45, 2.75) is 58.7 Å². The predicted octanol–water partition coefficient (Wildman–Crippen LogP) is 3.57. The van der Waals surface area contributed by atoms with Gasteiger partial charge in [-0.1, -0.05) is 0 Å². The van der Waals surface area contributed by atoms with Crippen LogP contribution in [0.5, 0.6) is 5.75 Å². The van der Waals surface area contributed by atoms with Gasteiger partial charge in [0.15, 0.2) is 5.82 Å². The Hall–Kier alpha value is -2.82. The van der Waals surface area contributed by atoms with Gasteiger partial charge in [-0.25, -0.2) is 9.97 Å². The average molecular weight is 525 g/mol. The number of ether oxygens (including phenoxy) is 2. The number of nitrogens with zero attached hydrogens (tertiary/aromatic N) is 5. The molecule has 3 aromatic rings. The molecule has 9 nitrogen and oxygen atoms in total. The van der Waals surface area contributed by atoms with E-state index in [1.807, 2.05) is 44.9 Å². The third kappa shape index (κ3) is 5.71. The second kappa shape index (κ2) is 10.2. The van der Waals surface area contributed by atoms with E-state index in [1.54, 1.807) is 17.5 Å². The molecule has 1 amide bonds. The fourth-order valence-corrected chi connectivity index (χ4v) is 6.05. The molecule has 0 saturated carbocycles. The average Bonchev–Trinajstić information content (AvgIpc) is 3.52. The molecule has 2 aliphatic rings. The number of pyridine rings is 1. The molecule has 0 aromatic carbocycles. The highest BCUT2D eigenvalue weighted by Crippen LogP contribution is 2.36. The third-order valence-corrected chi connectivity index (χ3v) is 7.99. The zero-order valence-corrected chi connectivity index (χ0v) is 23.3. The molecule has 1 unspecified atom stereocenters. The maximum Gasteiger partial charge on any atom is 0.239 e. The van der Waals surface area contributed by atoms with Crippen LogP contribution in [0.3, 0.4) is 0 Å². The second-order valence-electron chi connectivity index (χ2n) is 11.1. The molecule has 2 atom stereocenters. The first-order chi connectivity index (χ1) is 17.6. The van der Waals surface area contributed by atoms with Crippen LogP contribution in [0.25, 0.3) is 21.7 Å². The zero-order chi connectivity index (χ0) is 26.3. The molecule has 5 rings (SSSR count). The highest BCUT2D eigenvalue weighted by molar-refractivity contribution is 7.18. The van der Waals surface area contributed by atoms with E-state index < -0.39 is 0 Å². The summed E-state index contributed by atoms with van der Waals surface area (Å²) in [7, 11) is 1.89. The van der Waals surface area contributed by atoms with Crippen molar-refractivity contribution in [3.8, 4) is 17.3 Å². The highest BCUT2D eigenvalue weighted by Gasteiger charge is 2.38. The van der Waals surface area contributed by atoms with Crippen molar-refractivity contribution in [3.05, 3.63) is 28.8 Å².